The number of hydrogen-bond donors (Lipinski definition) is 4. The molecule has 0 saturated carbocycles. The number of carbonyl (C=O) groups excluding carboxylic acids is 1. The highest BCUT2D eigenvalue weighted by Crippen LogP contribution is 2.31. The molecule has 1 aromatic heterocycles. The molecule has 12 heteroatoms. The number of nitrogens with one attached hydrogen (secondary N) is 1. The van der Waals surface area contributed by atoms with Gasteiger partial charge in [0.1, 0.15) is 5.52 Å². The van der Waals surface area contributed by atoms with Crippen molar-refractivity contribution in [2.75, 3.05) is 19.1 Å². The van der Waals surface area contributed by atoms with E-state index in [2.05, 4.69) is 14.9 Å². The number of aromatic nitrogens is 2. The summed E-state index contributed by atoms with van der Waals surface area (Å²) in [5, 5.41) is 14.0. The van der Waals surface area contributed by atoms with Gasteiger partial charge in [0, 0.05) is 5.56 Å². The van der Waals surface area contributed by atoms with Crippen LogP contribution in [0.4, 0.5) is 0 Å². The predicted octanol–water partition coefficient (Wildman–Crippen LogP) is 0.990. The Kier molecular flexibility index (Phi) is 7.76. The molecular formula is C11H14N3O6PS2. The molecule has 0 amide bonds. The number of thioether (sulfide) groups is 1. The lowest BCUT2D eigenvalue weighted by molar-refractivity contribution is -0.135. The van der Waals surface area contributed by atoms with Crippen LogP contribution in [0.1, 0.15) is 10.4 Å². The Balaban J connectivity index is 0.000000241. The van der Waals surface area contributed by atoms with Crippen molar-refractivity contribution < 1.29 is 29.0 Å². The average molecular weight is 379 g/mol. The summed E-state index contributed by atoms with van der Waals surface area (Å²) in [5.74, 6) is -1.14. The van der Waals surface area contributed by atoms with Crippen molar-refractivity contribution in [2.45, 2.75) is 0 Å². The lowest BCUT2D eigenvalue weighted by Crippen LogP contribution is -2.23. The van der Waals surface area contributed by atoms with Gasteiger partial charge in [0.05, 0.1) is 17.5 Å². The molecule has 0 fully saturated rings. The highest BCUT2D eigenvalue weighted by atomic mass is 32.2. The number of aliphatic carboxylic acids is 1. The highest BCUT2D eigenvalue weighted by molar-refractivity contribution is 8.13. The van der Waals surface area contributed by atoms with E-state index in [4.69, 9.17) is 14.9 Å². The third kappa shape index (κ3) is 7.16. The van der Waals surface area contributed by atoms with Crippen LogP contribution in [0.2, 0.25) is 0 Å². The fourth-order valence-electron chi connectivity index (χ4n) is 1.38. The molecule has 0 atom stereocenters. The molecule has 2 rings (SSSR count). The van der Waals surface area contributed by atoms with Gasteiger partial charge in [-0.2, -0.15) is 0 Å². The Hall–Kier alpha value is -1.36. The largest absolute Gasteiger partial charge is 0.480 e. The number of carboxylic acid groups (broad SMARTS) is 1. The van der Waals surface area contributed by atoms with Gasteiger partial charge in [-0.3, -0.25) is 19.5 Å². The first-order chi connectivity index (χ1) is 10.7. The Morgan fingerprint density at radius 3 is 2.65 bits per heavy atom. The summed E-state index contributed by atoms with van der Waals surface area (Å²) in [6, 6.07) is 5.49. The molecule has 23 heavy (non-hydrogen) atoms. The molecule has 0 aliphatic rings. The van der Waals surface area contributed by atoms with Crippen LogP contribution < -0.4 is 5.32 Å². The van der Waals surface area contributed by atoms with E-state index in [0.717, 1.165) is 10.2 Å². The quantitative estimate of drug-likeness (QED) is 0.554. The van der Waals surface area contributed by atoms with Crippen LogP contribution in [0.15, 0.2) is 18.2 Å². The van der Waals surface area contributed by atoms with Crippen LogP contribution >= 0.6 is 30.9 Å². The normalized spacial score (nSPS) is 10.9. The van der Waals surface area contributed by atoms with Crippen molar-refractivity contribution >= 4 is 52.2 Å². The zero-order valence-corrected chi connectivity index (χ0v) is 14.4. The van der Waals surface area contributed by atoms with Gasteiger partial charge in [0.2, 0.25) is 5.12 Å². The number of carbonyl (C=O) groups is 2. The molecule has 0 unspecified atom stereocenters. The van der Waals surface area contributed by atoms with Crippen molar-refractivity contribution in [3.05, 3.63) is 23.8 Å². The molecule has 1 aromatic carbocycles. The summed E-state index contributed by atoms with van der Waals surface area (Å²) in [5.41, 5.74) is 1.50. The Morgan fingerprint density at radius 2 is 2.09 bits per heavy atom. The van der Waals surface area contributed by atoms with Crippen LogP contribution in [0.3, 0.4) is 0 Å². The number of carboxylic acids is 1. The van der Waals surface area contributed by atoms with Gasteiger partial charge >= 0.3 is 13.6 Å². The first-order valence-electron chi connectivity index (χ1n) is 6.01. The second-order valence-electron chi connectivity index (χ2n) is 4.06. The Bertz CT molecular complexity index is 731. The minimum atomic E-state index is -4.10. The molecule has 0 saturated heterocycles. The van der Waals surface area contributed by atoms with Gasteiger partial charge in [-0.05, 0) is 29.9 Å². The summed E-state index contributed by atoms with van der Waals surface area (Å²) in [6.45, 7) is -0.439. The van der Waals surface area contributed by atoms with Crippen LogP contribution in [0.5, 0.6) is 0 Å². The lowest BCUT2D eigenvalue weighted by Gasteiger charge is -2.02. The number of fused-ring (bicyclic) bond motifs is 1. The summed E-state index contributed by atoms with van der Waals surface area (Å²) in [6.07, 6.45) is 1.18. The van der Waals surface area contributed by atoms with E-state index in [9.17, 15) is 14.2 Å². The molecule has 126 valence electrons. The van der Waals surface area contributed by atoms with Crippen molar-refractivity contribution in [3.63, 3.8) is 0 Å². The maximum Gasteiger partial charge on any atom is 0.339 e. The van der Waals surface area contributed by atoms with E-state index in [0.29, 0.717) is 5.56 Å². The van der Waals surface area contributed by atoms with Crippen molar-refractivity contribution in [1.82, 2.24) is 14.9 Å². The lowest BCUT2D eigenvalue weighted by atomic mass is 10.2. The van der Waals surface area contributed by atoms with E-state index >= 15 is 0 Å². The molecular weight excluding hydrogens is 365 g/mol. The van der Waals surface area contributed by atoms with Gasteiger partial charge in [0.25, 0.3) is 0 Å². The molecule has 2 aromatic rings. The van der Waals surface area contributed by atoms with E-state index < -0.39 is 26.4 Å². The van der Waals surface area contributed by atoms with E-state index in [1.807, 2.05) is 12.1 Å². The van der Waals surface area contributed by atoms with Gasteiger partial charge in [-0.1, -0.05) is 22.3 Å². The first kappa shape index (κ1) is 19.7. The molecule has 4 N–H and O–H groups in total. The molecule has 0 aliphatic carbocycles. The van der Waals surface area contributed by atoms with Crippen LogP contribution in [0.25, 0.3) is 10.2 Å². The zero-order valence-electron chi connectivity index (χ0n) is 11.9. The second-order valence-corrected chi connectivity index (χ2v) is 7.24. The van der Waals surface area contributed by atoms with Gasteiger partial charge < -0.3 is 14.9 Å². The zero-order chi connectivity index (χ0) is 17.5. The van der Waals surface area contributed by atoms with E-state index in [-0.39, 0.29) is 5.12 Å². The van der Waals surface area contributed by atoms with Gasteiger partial charge in [-0.15, -0.1) is 5.10 Å². The fraction of sp³-hybridized carbons (Fsp3) is 0.273. The molecule has 1 heterocycles. The first-order valence-corrected chi connectivity index (χ1v) is 9.80. The summed E-state index contributed by atoms with van der Waals surface area (Å²) < 4.78 is 14.7. The summed E-state index contributed by atoms with van der Waals surface area (Å²) >= 11 is 2.47. The monoisotopic (exact) mass is 379 g/mol. The SMILES string of the molecule is CSC(=O)c1cccc2nnsc12.O=C(O)CNCP(=O)(O)O. The maximum absolute atomic E-state index is 11.4. The summed E-state index contributed by atoms with van der Waals surface area (Å²) in [7, 11) is -4.10. The summed E-state index contributed by atoms with van der Waals surface area (Å²) in [4.78, 5) is 37.6. The van der Waals surface area contributed by atoms with Gasteiger partial charge in [0.15, 0.2) is 0 Å². The number of benzene rings is 1. The number of rotatable bonds is 5. The maximum atomic E-state index is 11.4. The third-order valence-electron chi connectivity index (χ3n) is 2.27. The third-order valence-corrected chi connectivity index (χ3v) is 4.28. The highest BCUT2D eigenvalue weighted by Gasteiger charge is 2.12. The minimum absolute atomic E-state index is 0.0663. The van der Waals surface area contributed by atoms with Crippen LogP contribution in [-0.4, -0.2) is 54.7 Å². The topological polar surface area (TPSA) is 150 Å². The average Bonchev–Trinajstić information content (AvgIpc) is 2.93. The van der Waals surface area contributed by atoms with Crippen LogP contribution in [0, 0.1) is 0 Å². The van der Waals surface area contributed by atoms with Crippen molar-refractivity contribution in [1.29, 1.82) is 0 Å². The predicted molar refractivity (Wildman–Crippen MR) is 87.8 cm³/mol. The van der Waals surface area contributed by atoms with E-state index in [1.54, 1.807) is 12.3 Å². The second kappa shape index (κ2) is 9.06. The Labute approximate surface area is 139 Å². The minimum Gasteiger partial charge on any atom is -0.480 e. The number of nitrogens with zero attached hydrogens (tertiary/aromatic N) is 2. The Morgan fingerprint density at radius 1 is 1.39 bits per heavy atom. The van der Waals surface area contributed by atoms with Crippen molar-refractivity contribution in [2.24, 2.45) is 0 Å². The number of hydrogen-bond acceptors (Lipinski definition) is 8. The van der Waals surface area contributed by atoms with E-state index in [1.165, 1.54) is 23.3 Å². The molecule has 9 nitrogen and oxygen atoms in total. The molecule has 0 aliphatic heterocycles. The molecule has 0 radical (unpaired) electrons. The van der Waals surface area contributed by atoms with Crippen molar-refractivity contribution in [3.8, 4) is 0 Å². The van der Waals surface area contributed by atoms with Crippen LogP contribution in [-0.2, 0) is 9.36 Å². The smallest absolute Gasteiger partial charge is 0.339 e. The fourth-order valence-corrected chi connectivity index (χ4v) is 2.91. The van der Waals surface area contributed by atoms with Gasteiger partial charge in [-0.25, -0.2) is 0 Å². The standard InChI is InChI=1S/C8H6N2OS2.C3H8NO5P/c1-12-8(11)5-3-2-4-6-7(5)13-10-9-6;5-3(6)1-4-2-10(7,8)9/h2-4H,1H3;4H,1-2H2,(H,5,6)(H2,7,8,9). The molecule has 0 bridgehead atoms. The molecule has 0 spiro atoms.